The maximum absolute atomic E-state index is 12.1. The number of benzene rings is 1. The SMILES string of the molecule is C[C@@H](NC(=O)OC(C)(C)C)C(=O)Nc1cccc(OCC(F)(F)F)c1. The van der Waals surface area contributed by atoms with E-state index in [2.05, 4.69) is 15.4 Å². The molecule has 0 bridgehead atoms. The highest BCUT2D eigenvalue weighted by atomic mass is 19.4. The quantitative estimate of drug-likeness (QED) is 0.841. The number of nitrogens with one attached hydrogen (secondary N) is 2. The van der Waals surface area contributed by atoms with Crippen LogP contribution in [0.25, 0.3) is 0 Å². The molecule has 0 aliphatic carbocycles. The Kier molecular flexibility index (Phi) is 6.66. The van der Waals surface area contributed by atoms with Gasteiger partial charge in [0.2, 0.25) is 5.91 Å². The molecule has 0 aliphatic heterocycles. The van der Waals surface area contributed by atoms with Crippen LogP contribution in [0.2, 0.25) is 0 Å². The maximum Gasteiger partial charge on any atom is 0.422 e. The molecule has 1 aromatic carbocycles. The average molecular weight is 362 g/mol. The number of halogens is 3. The second-order valence-corrected chi connectivity index (χ2v) is 6.29. The first-order chi connectivity index (χ1) is 11.4. The fourth-order valence-corrected chi connectivity index (χ4v) is 1.63. The van der Waals surface area contributed by atoms with Crippen molar-refractivity contribution in [2.75, 3.05) is 11.9 Å². The summed E-state index contributed by atoms with van der Waals surface area (Å²) >= 11 is 0. The average Bonchev–Trinajstić information content (AvgIpc) is 2.42. The number of hydrogen-bond acceptors (Lipinski definition) is 4. The highest BCUT2D eigenvalue weighted by Gasteiger charge is 2.28. The van der Waals surface area contributed by atoms with Crippen LogP contribution in [0, 0.1) is 0 Å². The lowest BCUT2D eigenvalue weighted by Gasteiger charge is -2.21. The first-order valence-electron chi connectivity index (χ1n) is 7.46. The Labute approximate surface area is 143 Å². The molecule has 0 radical (unpaired) electrons. The summed E-state index contributed by atoms with van der Waals surface area (Å²) in [6.07, 6.45) is -5.21. The van der Waals surface area contributed by atoms with Crippen LogP contribution in [-0.4, -0.2) is 36.4 Å². The van der Waals surface area contributed by atoms with Gasteiger partial charge in [0.15, 0.2) is 6.61 Å². The Balaban J connectivity index is 2.60. The van der Waals surface area contributed by atoms with E-state index in [0.29, 0.717) is 0 Å². The van der Waals surface area contributed by atoms with E-state index in [0.717, 1.165) is 0 Å². The summed E-state index contributed by atoms with van der Waals surface area (Å²) in [5.74, 6) is -0.596. The molecule has 1 atom stereocenters. The van der Waals surface area contributed by atoms with Crippen LogP contribution in [0.4, 0.5) is 23.7 Å². The standard InChI is InChI=1S/C16H21F3N2O4/c1-10(20-14(23)25-15(2,3)4)13(22)21-11-6-5-7-12(8-11)24-9-16(17,18)19/h5-8,10H,9H2,1-4H3,(H,20,23)(H,21,22)/t10-/m1/s1. The van der Waals surface area contributed by atoms with Crippen LogP contribution in [0.1, 0.15) is 27.7 Å². The third-order valence-corrected chi connectivity index (χ3v) is 2.63. The van der Waals surface area contributed by atoms with Crippen LogP contribution in [0.15, 0.2) is 24.3 Å². The van der Waals surface area contributed by atoms with Gasteiger partial charge in [0.25, 0.3) is 0 Å². The number of hydrogen-bond donors (Lipinski definition) is 2. The van der Waals surface area contributed by atoms with Gasteiger partial charge in [-0.25, -0.2) is 4.79 Å². The van der Waals surface area contributed by atoms with Gasteiger partial charge in [-0.2, -0.15) is 13.2 Å². The summed E-state index contributed by atoms with van der Waals surface area (Å²) < 4.78 is 46.1. The highest BCUT2D eigenvalue weighted by Crippen LogP contribution is 2.21. The second kappa shape index (κ2) is 8.09. The molecule has 0 saturated heterocycles. The third-order valence-electron chi connectivity index (χ3n) is 2.63. The lowest BCUT2D eigenvalue weighted by atomic mass is 10.2. The van der Waals surface area contributed by atoms with Gasteiger partial charge < -0.3 is 20.1 Å². The van der Waals surface area contributed by atoms with E-state index in [-0.39, 0.29) is 11.4 Å². The summed E-state index contributed by atoms with van der Waals surface area (Å²) in [6.45, 7) is 5.07. The van der Waals surface area contributed by atoms with E-state index in [9.17, 15) is 22.8 Å². The molecule has 9 heteroatoms. The van der Waals surface area contributed by atoms with Crippen LogP contribution in [0.5, 0.6) is 5.75 Å². The number of alkyl halides is 3. The molecule has 1 aromatic rings. The molecule has 2 amide bonds. The zero-order valence-corrected chi connectivity index (χ0v) is 14.4. The van der Waals surface area contributed by atoms with E-state index in [1.165, 1.54) is 31.2 Å². The summed E-state index contributed by atoms with van der Waals surface area (Å²) in [6, 6.07) is 4.61. The van der Waals surface area contributed by atoms with Crippen molar-refractivity contribution in [3.05, 3.63) is 24.3 Å². The predicted octanol–water partition coefficient (Wildman–Crippen LogP) is 3.48. The van der Waals surface area contributed by atoms with Gasteiger partial charge in [0.05, 0.1) is 0 Å². The fourth-order valence-electron chi connectivity index (χ4n) is 1.63. The summed E-state index contributed by atoms with van der Waals surface area (Å²) in [4.78, 5) is 23.7. The van der Waals surface area contributed by atoms with Crippen molar-refractivity contribution < 1.29 is 32.2 Å². The summed E-state index contributed by atoms with van der Waals surface area (Å²) in [7, 11) is 0. The van der Waals surface area contributed by atoms with Gasteiger partial charge in [0.1, 0.15) is 17.4 Å². The van der Waals surface area contributed by atoms with Gasteiger partial charge >= 0.3 is 12.3 Å². The lowest BCUT2D eigenvalue weighted by molar-refractivity contribution is -0.153. The van der Waals surface area contributed by atoms with Crippen molar-refractivity contribution in [1.29, 1.82) is 0 Å². The molecule has 2 N–H and O–H groups in total. The summed E-state index contributed by atoms with van der Waals surface area (Å²) in [5.41, 5.74) is -0.465. The molecule has 0 heterocycles. The van der Waals surface area contributed by atoms with Crippen LogP contribution in [0.3, 0.4) is 0 Å². The number of alkyl carbamates (subject to hydrolysis) is 1. The first kappa shape index (κ1) is 20.6. The first-order valence-corrected chi connectivity index (χ1v) is 7.46. The van der Waals surface area contributed by atoms with E-state index in [1.807, 2.05) is 0 Å². The molecule has 140 valence electrons. The highest BCUT2D eigenvalue weighted by molar-refractivity contribution is 5.96. The van der Waals surface area contributed by atoms with Crippen molar-refractivity contribution in [3.8, 4) is 5.75 Å². The van der Waals surface area contributed by atoms with Crippen LogP contribution >= 0.6 is 0 Å². The molecule has 0 unspecified atom stereocenters. The maximum atomic E-state index is 12.1. The Bertz CT molecular complexity index is 612. The van der Waals surface area contributed by atoms with Crippen molar-refractivity contribution in [1.82, 2.24) is 5.32 Å². The Morgan fingerprint density at radius 3 is 2.40 bits per heavy atom. The van der Waals surface area contributed by atoms with Gasteiger partial charge in [-0.1, -0.05) is 6.07 Å². The molecule has 25 heavy (non-hydrogen) atoms. The normalized spacial score (nSPS) is 12.9. The minimum absolute atomic E-state index is 0.0390. The Morgan fingerprint density at radius 1 is 1.20 bits per heavy atom. The molecule has 0 aliphatic rings. The van der Waals surface area contributed by atoms with Crippen LogP contribution < -0.4 is 15.4 Å². The zero-order valence-electron chi connectivity index (χ0n) is 14.4. The molecular formula is C16H21F3N2O4. The Hall–Kier alpha value is -2.45. The minimum Gasteiger partial charge on any atom is -0.484 e. The largest absolute Gasteiger partial charge is 0.484 e. The predicted molar refractivity (Wildman–Crippen MR) is 85.5 cm³/mol. The number of carbonyl (C=O) groups excluding carboxylic acids is 2. The smallest absolute Gasteiger partial charge is 0.422 e. The molecule has 1 rings (SSSR count). The van der Waals surface area contributed by atoms with Gasteiger partial charge in [-0.3, -0.25) is 4.79 Å². The molecule has 0 aromatic heterocycles. The van der Waals surface area contributed by atoms with Crippen molar-refractivity contribution >= 4 is 17.7 Å². The fraction of sp³-hybridized carbons (Fsp3) is 0.500. The minimum atomic E-state index is -4.45. The number of ether oxygens (including phenoxy) is 2. The van der Waals surface area contributed by atoms with E-state index in [4.69, 9.17) is 4.74 Å². The number of carbonyl (C=O) groups is 2. The monoisotopic (exact) mass is 362 g/mol. The summed E-state index contributed by atoms with van der Waals surface area (Å²) in [5, 5.41) is 4.84. The number of anilines is 1. The number of rotatable bonds is 5. The van der Waals surface area contributed by atoms with Crippen LogP contribution in [-0.2, 0) is 9.53 Å². The second-order valence-electron chi connectivity index (χ2n) is 6.29. The lowest BCUT2D eigenvalue weighted by Crippen LogP contribution is -2.43. The Morgan fingerprint density at radius 2 is 1.84 bits per heavy atom. The molecule has 0 saturated carbocycles. The van der Waals surface area contributed by atoms with Crippen molar-refractivity contribution in [3.63, 3.8) is 0 Å². The zero-order chi connectivity index (χ0) is 19.3. The van der Waals surface area contributed by atoms with Crippen molar-refractivity contribution in [2.45, 2.75) is 45.5 Å². The number of amides is 2. The molecule has 6 nitrogen and oxygen atoms in total. The van der Waals surface area contributed by atoms with E-state index < -0.39 is 36.4 Å². The van der Waals surface area contributed by atoms with Gasteiger partial charge in [0, 0.05) is 11.8 Å². The topological polar surface area (TPSA) is 76.7 Å². The third kappa shape index (κ3) is 8.83. The van der Waals surface area contributed by atoms with E-state index >= 15 is 0 Å². The molecular weight excluding hydrogens is 341 g/mol. The van der Waals surface area contributed by atoms with E-state index in [1.54, 1.807) is 20.8 Å². The molecule has 0 fully saturated rings. The van der Waals surface area contributed by atoms with Gasteiger partial charge in [-0.05, 0) is 39.8 Å². The van der Waals surface area contributed by atoms with Gasteiger partial charge in [-0.15, -0.1) is 0 Å². The van der Waals surface area contributed by atoms with Crippen molar-refractivity contribution in [2.24, 2.45) is 0 Å². The molecule has 0 spiro atoms.